The third-order valence-corrected chi connectivity index (χ3v) is 6.19. The highest BCUT2D eigenvalue weighted by atomic mass is 35.5. The number of H-pyrrole nitrogens is 1. The Labute approximate surface area is 150 Å². The number of thioether (sulfide) groups is 1. The van der Waals surface area contributed by atoms with Crippen LogP contribution in [0, 0.1) is 11.8 Å². The van der Waals surface area contributed by atoms with Gasteiger partial charge < -0.3 is 5.32 Å². The molecule has 7 heteroatoms. The quantitative estimate of drug-likeness (QED) is 0.798. The minimum absolute atomic E-state index is 0.0710. The Morgan fingerprint density at radius 3 is 2.96 bits per heavy atom. The van der Waals surface area contributed by atoms with Crippen LogP contribution in [0.2, 0.25) is 5.02 Å². The molecule has 1 heterocycles. The lowest BCUT2D eigenvalue weighted by Gasteiger charge is -2.22. The number of aromatic amines is 1. The lowest BCUT2D eigenvalue weighted by molar-refractivity contribution is -0.119. The second-order valence-electron chi connectivity index (χ2n) is 6.58. The number of nitrogens with zero attached hydrogens (tertiary/aromatic N) is 2. The number of aromatic nitrogens is 3. The molecule has 1 amide bonds. The Morgan fingerprint density at radius 2 is 2.21 bits per heavy atom. The molecule has 2 aromatic rings. The van der Waals surface area contributed by atoms with E-state index >= 15 is 0 Å². The SMILES string of the molecule is O=C(CSc1n[nH]c(-c2ccccc2Cl)n1)N[C@H]1C[C@@H]2CC[C@@H]1C2. The van der Waals surface area contributed by atoms with Crippen LogP contribution >= 0.6 is 23.4 Å². The van der Waals surface area contributed by atoms with E-state index in [2.05, 4.69) is 20.5 Å². The average Bonchev–Trinajstić information content (AvgIpc) is 3.30. The van der Waals surface area contributed by atoms with Crippen molar-refractivity contribution in [3.8, 4) is 11.4 Å². The smallest absolute Gasteiger partial charge is 0.230 e. The van der Waals surface area contributed by atoms with E-state index in [1.807, 2.05) is 24.3 Å². The molecule has 5 nitrogen and oxygen atoms in total. The van der Waals surface area contributed by atoms with E-state index in [-0.39, 0.29) is 5.91 Å². The van der Waals surface area contributed by atoms with Gasteiger partial charge in [0.15, 0.2) is 5.82 Å². The summed E-state index contributed by atoms with van der Waals surface area (Å²) in [7, 11) is 0. The van der Waals surface area contributed by atoms with Gasteiger partial charge in [-0.05, 0) is 43.2 Å². The third-order valence-electron chi connectivity index (χ3n) is 5.01. The second kappa shape index (κ2) is 6.76. The lowest BCUT2D eigenvalue weighted by atomic mass is 9.95. The summed E-state index contributed by atoms with van der Waals surface area (Å²) in [5.74, 6) is 2.56. The molecule has 2 aliphatic carbocycles. The third kappa shape index (κ3) is 3.30. The first-order valence-electron chi connectivity index (χ1n) is 8.28. The summed E-state index contributed by atoms with van der Waals surface area (Å²) in [5, 5.41) is 11.4. The minimum Gasteiger partial charge on any atom is -0.352 e. The van der Waals surface area contributed by atoms with Crippen molar-refractivity contribution in [2.24, 2.45) is 11.8 Å². The van der Waals surface area contributed by atoms with E-state index in [4.69, 9.17) is 11.6 Å². The zero-order valence-corrected chi connectivity index (χ0v) is 14.7. The number of benzene rings is 1. The van der Waals surface area contributed by atoms with Crippen LogP contribution in [0.25, 0.3) is 11.4 Å². The summed E-state index contributed by atoms with van der Waals surface area (Å²) in [5.41, 5.74) is 0.810. The number of hydrogen-bond donors (Lipinski definition) is 2. The molecule has 0 unspecified atom stereocenters. The summed E-state index contributed by atoms with van der Waals surface area (Å²) < 4.78 is 0. The summed E-state index contributed by atoms with van der Waals surface area (Å²) in [6.45, 7) is 0. The van der Waals surface area contributed by atoms with Gasteiger partial charge in [0.05, 0.1) is 10.8 Å². The molecule has 2 fully saturated rings. The van der Waals surface area contributed by atoms with Gasteiger partial charge in [-0.15, -0.1) is 5.10 Å². The van der Waals surface area contributed by atoms with Crippen LogP contribution in [-0.4, -0.2) is 32.9 Å². The Morgan fingerprint density at radius 1 is 1.33 bits per heavy atom. The maximum atomic E-state index is 12.2. The van der Waals surface area contributed by atoms with Crippen LogP contribution in [0.15, 0.2) is 29.4 Å². The van der Waals surface area contributed by atoms with Crippen LogP contribution in [0.3, 0.4) is 0 Å². The van der Waals surface area contributed by atoms with Crippen LogP contribution < -0.4 is 5.32 Å². The first-order valence-corrected chi connectivity index (χ1v) is 9.65. The number of halogens is 1. The molecule has 0 radical (unpaired) electrons. The van der Waals surface area contributed by atoms with Crippen LogP contribution in [0.5, 0.6) is 0 Å². The first kappa shape index (κ1) is 16.0. The maximum Gasteiger partial charge on any atom is 0.230 e. The van der Waals surface area contributed by atoms with Gasteiger partial charge in [0.2, 0.25) is 11.1 Å². The standard InChI is InChI=1S/C17H19ClN4OS/c18-13-4-2-1-3-12(13)16-20-17(22-21-16)24-9-15(23)19-14-8-10-5-6-11(14)7-10/h1-4,10-11,14H,5-9H2,(H,19,23)(H,20,21,22)/t10-,11-,14+/m1/s1. The molecule has 2 aliphatic rings. The molecule has 0 aliphatic heterocycles. The second-order valence-corrected chi connectivity index (χ2v) is 7.93. The predicted molar refractivity (Wildman–Crippen MR) is 94.9 cm³/mol. The summed E-state index contributed by atoms with van der Waals surface area (Å²) in [4.78, 5) is 16.6. The predicted octanol–water partition coefficient (Wildman–Crippen LogP) is 3.52. The number of carbonyl (C=O) groups excluding carboxylic acids is 1. The molecule has 2 N–H and O–H groups in total. The molecule has 4 rings (SSSR count). The Balaban J connectivity index is 1.32. The highest BCUT2D eigenvalue weighted by Crippen LogP contribution is 2.44. The summed E-state index contributed by atoms with van der Waals surface area (Å²) in [6.07, 6.45) is 5.05. The molecule has 126 valence electrons. The van der Waals surface area contributed by atoms with Gasteiger partial charge in [-0.1, -0.05) is 41.9 Å². The Kier molecular flexibility index (Phi) is 4.50. The van der Waals surface area contributed by atoms with Crippen molar-refractivity contribution in [2.45, 2.75) is 36.9 Å². The molecule has 0 spiro atoms. The monoisotopic (exact) mass is 362 g/mol. The number of hydrogen-bond acceptors (Lipinski definition) is 4. The molecule has 1 aromatic heterocycles. The van der Waals surface area contributed by atoms with Gasteiger partial charge >= 0.3 is 0 Å². The number of fused-ring (bicyclic) bond motifs is 2. The largest absolute Gasteiger partial charge is 0.352 e. The maximum absolute atomic E-state index is 12.2. The molecular weight excluding hydrogens is 344 g/mol. The van der Waals surface area contributed by atoms with E-state index in [1.165, 1.54) is 31.0 Å². The van der Waals surface area contributed by atoms with E-state index in [0.29, 0.717) is 33.7 Å². The topological polar surface area (TPSA) is 70.7 Å². The molecule has 3 atom stereocenters. The summed E-state index contributed by atoms with van der Waals surface area (Å²) in [6, 6.07) is 7.85. The van der Waals surface area contributed by atoms with Crippen molar-refractivity contribution in [1.82, 2.24) is 20.5 Å². The van der Waals surface area contributed by atoms with E-state index in [1.54, 1.807) is 0 Å². The molecular formula is C17H19ClN4OS. The average molecular weight is 363 g/mol. The van der Waals surface area contributed by atoms with Gasteiger partial charge in [0.25, 0.3) is 0 Å². The van der Waals surface area contributed by atoms with Crippen molar-refractivity contribution < 1.29 is 4.79 Å². The van der Waals surface area contributed by atoms with Crippen molar-refractivity contribution in [1.29, 1.82) is 0 Å². The highest BCUT2D eigenvalue weighted by molar-refractivity contribution is 7.99. The fourth-order valence-electron chi connectivity index (χ4n) is 3.88. The van der Waals surface area contributed by atoms with Crippen molar-refractivity contribution >= 4 is 29.3 Å². The van der Waals surface area contributed by atoms with Crippen LogP contribution in [0.1, 0.15) is 25.7 Å². The molecule has 0 saturated heterocycles. The fourth-order valence-corrected chi connectivity index (χ4v) is 4.72. The van der Waals surface area contributed by atoms with Crippen molar-refractivity contribution in [3.63, 3.8) is 0 Å². The van der Waals surface area contributed by atoms with Crippen molar-refractivity contribution in [3.05, 3.63) is 29.3 Å². The summed E-state index contributed by atoms with van der Waals surface area (Å²) >= 11 is 7.51. The van der Waals surface area contributed by atoms with Crippen molar-refractivity contribution in [2.75, 3.05) is 5.75 Å². The Bertz CT molecular complexity index is 750. The van der Waals surface area contributed by atoms with E-state index in [9.17, 15) is 4.79 Å². The van der Waals surface area contributed by atoms with E-state index < -0.39 is 0 Å². The van der Waals surface area contributed by atoms with Gasteiger partial charge in [-0.2, -0.15) is 0 Å². The number of nitrogens with one attached hydrogen (secondary N) is 2. The number of amides is 1. The number of carbonyl (C=O) groups is 1. The molecule has 2 saturated carbocycles. The zero-order valence-electron chi connectivity index (χ0n) is 13.2. The van der Waals surface area contributed by atoms with Gasteiger partial charge in [-0.3, -0.25) is 9.89 Å². The van der Waals surface area contributed by atoms with Crippen LogP contribution in [0.4, 0.5) is 0 Å². The number of rotatable bonds is 5. The molecule has 24 heavy (non-hydrogen) atoms. The Hall–Kier alpha value is -1.53. The van der Waals surface area contributed by atoms with Gasteiger partial charge in [0, 0.05) is 11.6 Å². The van der Waals surface area contributed by atoms with E-state index in [0.717, 1.165) is 17.9 Å². The molecule has 2 bridgehead atoms. The molecule has 1 aromatic carbocycles. The normalized spacial score (nSPS) is 25.1. The first-order chi connectivity index (χ1) is 11.7. The van der Waals surface area contributed by atoms with Gasteiger partial charge in [-0.25, -0.2) is 4.98 Å². The lowest BCUT2D eigenvalue weighted by Crippen LogP contribution is -2.39. The van der Waals surface area contributed by atoms with Gasteiger partial charge in [0.1, 0.15) is 0 Å². The highest BCUT2D eigenvalue weighted by Gasteiger charge is 2.39. The van der Waals surface area contributed by atoms with Crippen LogP contribution in [-0.2, 0) is 4.79 Å². The fraction of sp³-hybridized carbons (Fsp3) is 0.471. The zero-order chi connectivity index (χ0) is 16.5. The minimum atomic E-state index is 0.0710.